The highest BCUT2D eigenvalue weighted by Gasteiger charge is 2.15. The van der Waals surface area contributed by atoms with E-state index >= 15 is 0 Å². The van der Waals surface area contributed by atoms with Crippen molar-refractivity contribution in [2.24, 2.45) is 0 Å². The summed E-state index contributed by atoms with van der Waals surface area (Å²) in [7, 11) is 0. The third kappa shape index (κ3) is 5.37. The van der Waals surface area contributed by atoms with Crippen molar-refractivity contribution in [3.63, 3.8) is 0 Å². The van der Waals surface area contributed by atoms with Crippen LogP contribution in [0.15, 0.2) is 53.0 Å². The molecule has 0 aliphatic carbocycles. The lowest BCUT2D eigenvalue weighted by atomic mass is 10.2. The zero-order chi connectivity index (χ0) is 16.8. The Balaban J connectivity index is 1.96. The number of rotatable bonds is 5. The van der Waals surface area contributed by atoms with Gasteiger partial charge in [0.05, 0.1) is 0 Å². The summed E-state index contributed by atoms with van der Waals surface area (Å²) in [6, 6.07) is 14.5. The van der Waals surface area contributed by atoms with Crippen molar-refractivity contribution in [3.8, 4) is 0 Å². The molecule has 0 fully saturated rings. The average molecular weight is 396 g/mol. The number of carbonyl (C=O) groups excluding carboxylic acids is 2. The summed E-state index contributed by atoms with van der Waals surface area (Å²) < 4.78 is 0.914. The van der Waals surface area contributed by atoms with Crippen molar-refractivity contribution < 1.29 is 9.59 Å². The van der Waals surface area contributed by atoms with Crippen LogP contribution in [-0.2, 0) is 16.1 Å². The van der Waals surface area contributed by atoms with E-state index in [9.17, 15) is 9.59 Å². The Bertz CT molecular complexity index is 687. The molecular formula is C17H16BrClN2O2. The molecule has 6 heteroatoms. The van der Waals surface area contributed by atoms with Gasteiger partial charge in [0, 0.05) is 28.7 Å². The van der Waals surface area contributed by atoms with Gasteiger partial charge in [-0.05, 0) is 42.0 Å². The first-order chi connectivity index (χ1) is 11.0. The van der Waals surface area contributed by atoms with E-state index in [-0.39, 0.29) is 18.4 Å². The molecule has 0 saturated carbocycles. The molecule has 4 nitrogen and oxygen atoms in total. The van der Waals surface area contributed by atoms with Gasteiger partial charge in [-0.15, -0.1) is 0 Å². The highest BCUT2D eigenvalue weighted by Crippen LogP contribution is 2.18. The molecule has 0 atom stereocenters. The highest BCUT2D eigenvalue weighted by atomic mass is 79.9. The number of nitrogens with one attached hydrogen (secondary N) is 1. The number of nitrogens with zero attached hydrogens (tertiary/aromatic N) is 1. The van der Waals surface area contributed by atoms with Crippen LogP contribution in [0.3, 0.4) is 0 Å². The Labute approximate surface area is 148 Å². The standard InChI is InChI=1S/C17H16BrClN2O2/c1-12(22)21(16-8-4-14(18)5-9-16)11-17(23)20-10-13-2-6-15(19)7-3-13/h2-9H,10-11H2,1H3,(H,20,23). The van der Waals surface area contributed by atoms with Crippen LogP contribution in [-0.4, -0.2) is 18.4 Å². The van der Waals surface area contributed by atoms with Gasteiger partial charge in [-0.2, -0.15) is 0 Å². The van der Waals surface area contributed by atoms with E-state index in [0.717, 1.165) is 10.0 Å². The van der Waals surface area contributed by atoms with E-state index in [0.29, 0.717) is 17.3 Å². The second kappa shape index (κ2) is 8.13. The number of amides is 2. The molecule has 0 aromatic heterocycles. The molecule has 2 aromatic rings. The zero-order valence-electron chi connectivity index (χ0n) is 12.6. The van der Waals surface area contributed by atoms with Crippen LogP contribution in [0, 0.1) is 0 Å². The normalized spacial score (nSPS) is 10.2. The fraction of sp³-hybridized carbons (Fsp3) is 0.176. The van der Waals surface area contributed by atoms with Crippen molar-refractivity contribution in [1.29, 1.82) is 0 Å². The highest BCUT2D eigenvalue weighted by molar-refractivity contribution is 9.10. The van der Waals surface area contributed by atoms with Crippen LogP contribution in [0.4, 0.5) is 5.69 Å². The minimum absolute atomic E-state index is 0.0233. The second-order valence-electron chi connectivity index (χ2n) is 4.98. The largest absolute Gasteiger partial charge is 0.350 e. The van der Waals surface area contributed by atoms with E-state index in [1.54, 1.807) is 24.3 Å². The first-order valence-corrected chi connectivity index (χ1v) is 8.17. The lowest BCUT2D eigenvalue weighted by Gasteiger charge is -2.20. The number of anilines is 1. The van der Waals surface area contributed by atoms with Crippen LogP contribution in [0.5, 0.6) is 0 Å². The lowest BCUT2D eigenvalue weighted by Crippen LogP contribution is -2.39. The van der Waals surface area contributed by atoms with Gasteiger partial charge in [0.15, 0.2) is 0 Å². The van der Waals surface area contributed by atoms with Gasteiger partial charge in [0.2, 0.25) is 11.8 Å². The van der Waals surface area contributed by atoms with E-state index in [1.165, 1.54) is 11.8 Å². The number of halogens is 2. The third-order valence-corrected chi connectivity index (χ3v) is 4.00. The first-order valence-electron chi connectivity index (χ1n) is 7.00. The van der Waals surface area contributed by atoms with Gasteiger partial charge < -0.3 is 10.2 Å². The Kier molecular flexibility index (Phi) is 6.19. The Morgan fingerprint density at radius 1 is 1.09 bits per heavy atom. The maximum Gasteiger partial charge on any atom is 0.240 e. The molecule has 0 heterocycles. The van der Waals surface area contributed by atoms with Crippen molar-refractivity contribution in [2.45, 2.75) is 13.5 Å². The molecule has 2 amide bonds. The van der Waals surface area contributed by atoms with Crippen molar-refractivity contribution in [3.05, 3.63) is 63.6 Å². The molecule has 2 aromatic carbocycles. The predicted molar refractivity (Wildman–Crippen MR) is 95.5 cm³/mol. The van der Waals surface area contributed by atoms with Gasteiger partial charge in [-0.25, -0.2) is 0 Å². The first kappa shape index (κ1) is 17.5. The molecule has 0 aliphatic heterocycles. The second-order valence-corrected chi connectivity index (χ2v) is 6.34. The summed E-state index contributed by atoms with van der Waals surface area (Å²) >= 11 is 9.17. The fourth-order valence-electron chi connectivity index (χ4n) is 2.01. The maximum absolute atomic E-state index is 12.1. The molecule has 0 saturated heterocycles. The Morgan fingerprint density at radius 3 is 2.26 bits per heavy atom. The van der Waals surface area contributed by atoms with Crippen LogP contribution >= 0.6 is 27.5 Å². The SMILES string of the molecule is CC(=O)N(CC(=O)NCc1ccc(Cl)cc1)c1ccc(Br)cc1. The maximum atomic E-state index is 12.1. The minimum atomic E-state index is -0.224. The summed E-state index contributed by atoms with van der Waals surface area (Å²) in [5, 5.41) is 3.45. The van der Waals surface area contributed by atoms with E-state index < -0.39 is 0 Å². The predicted octanol–water partition coefficient (Wildman–Crippen LogP) is 3.77. The average Bonchev–Trinajstić information content (AvgIpc) is 2.53. The zero-order valence-corrected chi connectivity index (χ0v) is 14.9. The summed E-state index contributed by atoms with van der Waals surface area (Å²) in [6.45, 7) is 1.81. The molecule has 0 aliphatic rings. The van der Waals surface area contributed by atoms with Gasteiger partial charge in [-0.1, -0.05) is 39.7 Å². The monoisotopic (exact) mass is 394 g/mol. The third-order valence-electron chi connectivity index (χ3n) is 3.22. The Hall–Kier alpha value is -1.85. The molecule has 0 unspecified atom stereocenters. The number of hydrogen-bond donors (Lipinski definition) is 1. The minimum Gasteiger partial charge on any atom is -0.350 e. The number of carbonyl (C=O) groups is 2. The van der Waals surface area contributed by atoms with Crippen LogP contribution in [0.1, 0.15) is 12.5 Å². The molecule has 120 valence electrons. The molecule has 23 heavy (non-hydrogen) atoms. The molecule has 1 N–H and O–H groups in total. The van der Waals surface area contributed by atoms with Gasteiger partial charge in [-0.3, -0.25) is 9.59 Å². The quantitative estimate of drug-likeness (QED) is 0.838. The Morgan fingerprint density at radius 2 is 1.70 bits per heavy atom. The molecular weight excluding hydrogens is 380 g/mol. The van der Waals surface area contributed by atoms with Gasteiger partial charge >= 0.3 is 0 Å². The van der Waals surface area contributed by atoms with Crippen molar-refractivity contribution in [2.75, 3.05) is 11.4 Å². The summed E-state index contributed by atoms with van der Waals surface area (Å²) in [5.41, 5.74) is 1.63. The molecule has 0 bridgehead atoms. The molecule has 2 rings (SSSR count). The van der Waals surface area contributed by atoms with Crippen molar-refractivity contribution >= 4 is 45.0 Å². The van der Waals surface area contributed by atoms with E-state index in [1.807, 2.05) is 24.3 Å². The fourth-order valence-corrected chi connectivity index (χ4v) is 2.40. The number of hydrogen-bond acceptors (Lipinski definition) is 2. The summed E-state index contributed by atoms with van der Waals surface area (Å²) in [4.78, 5) is 25.3. The smallest absolute Gasteiger partial charge is 0.240 e. The summed E-state index contributed by atoms with van der Waals surface area (Å²) in [5.74, 6) is -0.410. The van der Waals surface area contributed by atoms with E-state index in [2.05, 4.69) is 21.2 Å². The number of benzene rings is 2. The van der Waals surface area contributed by atoms with Crippen molar-refractivity contribution in [1.82, 2.24) is 5.32 Å². The van der Waals surface area contributed by atoms with Gasteiger partial charge in [0.1, 0.15) is 6.54 Å². The molecule has 0 spiro atoms. The van der Waals surface area contributed by atoms with Crippen LogP contribution in [0.25, 0.3) is 0 Å². The lowest BCUT2D eigenvalue weighted by molar-refractivity contribution is -0.123. The van der Waals surface area contributed by atoms with Crippen LogP contribution < -0.4 is 10.2 Å². The van der Waals surface area contributed by atoms with E-state index in [4.69, 9.17) is 11.6 Å². The van der Waals surface area contributed by atoms with Gasteiger partial charge in [0.25, 0.3) is 0 Å². The topological polar surface area (TPSA) is 49.4 Å². The molecule has 0 radical (unpaired) electrons. The van der Waals surface area contributed by atoms with Crippen LogP contribution in [0.2, 0.25) is 5.02 Å². The summed E-state index contributed by atoms with van der Waals surface area (Å²) in [6.07, 6.45) is 0.